The lowest BCUT2D eigenvalue weighted by Crippen LogP contribution is -2.47. The maximum Gasteiger partial charge on any atom is 0.257 e. The van der Waals surface area contributed by atoms with Crippen LogP contribution in [-0.2, 0) is 6.42 Å². The van der Waals surface area contributed by atoms with Crippen LogP contribution in [0.25, 0.3) is 0 Å². The van der Waals surface area contributed by atoms with Crippen molar-refractivity contribution in [1.29, 1.82) is 0 Å². The van der Waals surface area contributed by atoms with E-state index >= 15 is 0 Å². The zero-order chi connectivity index (χ0) is 19.4. The van der Waals surface area contributed by atoms with Crippen molar-refractivity contribution in [3.63, 3.8) is 0 Å². The van der Waals surface area contributed by atoms with Gasteiger partial charge in [-0.15, -0.1) is 0 Å². The molecule has 2 heterocycles. The van der Waals surface area contributed by atoms with Crippen molar-refractivity contribution in [2.45, 2.75) is 20.3 Å². The van der Waals surface area contributed by atoms with Gasteiger partial charge < -0.3 is 15.1 Å². The number of rotatable bonds is 4. The van der Waals surface area contributed by atoms with Gasteiger partial charge >= 0.3 is 0 Å². The van der Waals surface area contributed by atoms with Crippen LogP contribution in [0.4, 0.5) is 5.69 Å². The minimum atomic E-state index is -0.250. The maximum absolute atomic E-state index is 12.7. The van der Waals surface area contributed by atoms with Crippen molar-refractivity contribution in [2.24, 2.45) is 0 Å². The zero-order valence-corrected chi connectivity index (χ0v) is 16.2. The highest BCUT2D eigenvalue weighted by Gasteiger charge is 2.21. The number of nitrogens with one attached hydrogen (secondary N) is 1. The van der Waals surface area contributed by atoms with Gasteiger partial charge in [0.15, 0.2) is 0 Å². The van der Waals surface area contributed by atoms with Gasteiger partial charge in [-0.2, -0.15) is 0 Å². The molecule has 6 nitrogen and oxygen atoms in total. The van der Waals surface area contributed by atoms with Gasteiger partial charge in [-0.05, 0) is 37.6 Å². The highest BCUT2D eigenvalue weighted by Crippen LogP contribution is 2.22. The summed E-state index contributed by atoms with van der Waals surface area (Å²) in [5.74, 6) is -0.324. The van der Waals surface area contributed by atoms with Gasteiger partial charge in [-0.25, -0.2) is 0 Å². The topological polar surface area (TPSA) is 65.5 Å². The van der Waals surface area contributed by atoms with E-state index in [1.54, 1.807) is 6.07 Å². The van der Waals surface area contributed by atoms with Crippen molar-refractivity contribution < 1.29 is 9.59 Å². The molecular weight excluding hydrogens is 340 g/mol. The Balaban J connectivity index is 1.77. The van der Waals surface area contributed by atoms with Gasteiger partial charge in [-0.1, -0.05) is 25.1 Å². The summed E-state index contributed by atoms with van der Waals surface area (Å²) in [7, 11) is 2.05. The second-order valence-electron chi connectivity index (χ2n) is 6.97. The third-order valence-corrected chi connectivity index (χ3v) is 5.02. The number of piperazine rings is 1. The summed E-state index contributed by atoms with van der Waals surface area (Å²) in [5, 5.41) is 2.99. The predicted octanol–water partition coefficient (Wildman–Crippen LogP) is 2.59. The van der Waals surface area contributed by atoms with E-state index < -0.39 is 0 Å². The molecule has 0 unspecified atom stereocenters. The molecule has 1 aliphatic rings. The number of hydrogen-bond donors (Lipinski definition) is 1. The van der Waals surface area contributed by atoms with E-state index in [9.17, 15) is 9.59 Å². The quantitative estimate of drug-likeness (QED) is 0.903. The number of amides is 2. The minimum absolute atomic E-state index is 0.0737. The molecule has 0 aliphatic carbocycles. The normalized spacial score (nSPS) is 14.9. The molecule has 0 spiro atoms. The highest BCUT2D eigenvalue weighted by atomic mass is 16.2. The number of anilines is 1. The van der Waals surface area contributed by atoms with E-state index in [2.05, 4.69) is 22.1 Å². The van der Waals surface area contributed by atoms with Crippen LogP contribution in [-0.4, -0.2) is 59.8 Å². The number of pyridine rings is 1. The van der Waals surface area contributed by atoms with Crippen molar-refractivity contribution >= 4 is 17.5 Å². The monoisotopic (exact) mass is 366 g/mol. The number of carbonyl (C=O) groups excluding carboxylic acids is 2. The Morgan fingerprint density at radius 1 is 1.11 bits per heavy atom. The Hall–Kier alpha value is -2.73. The van der Waals surface area contributed by atoms with Crippen LogP contribution in [0, 0.1) is 6.92 Å². The fourth-order valence-electron chi connectivity index (χ4n) is 3.26. The van der Waals surface area contributed by atoms with Gasteiger partial charge in [0.05, 0.1) is 11.1 Å². The van der Waals surface area contributed by atoms with Gasteiger partial charge in [0, 0.05) is 44.3 Å². The molecule has 0 atom stereocenters. The molecule has 1 fully saturated rings. The Kier molecular flexibility index (Phi) is 5.86. The number of hydrogen-bond acceptors (Lipinski definition) is 4. The Morgan fingerprint density at radius 3 is 2.52 bits per heavy atom. The number of benzene rings is 1. The fraction of sp³-hybridized carbons (Fsp3) is 0.381. The predicted molar refractivity (Wildman–Crippen MR) is 106 cm³/mol. The Morgan fingerprint density at radius 2 is 1.81 bits per heavy atom. The largest absolute Gasteiger partial charge is 0.336 e. The fourth-order valence-corrected chi connectivity index (χ4v) is 3.26. The van der Waals surface area contributed by atoms with E-state index in [1.807, 2.05) is 37.1 Å². The highest BCUT2D eigenvalue weighted by molar-refractivity contribution is 6.06. The van der Waals surface area contributed by atoms with E-state index in [4.69, 9.17) is 0 Å². The van der Waals surface area contributed by atoms with E-state index in [1.165, 1.54) is 12.4 Å². The average molecular weight is 366 g/mol. The molecule has 0 saturated carbocycles. The number of nitrogens with zero attached hydrogens (tertiary/aromatic N) is 3. The van der Waals surface area contributed by atoms with Crippen LogP contribution in [0.2, 0.25) is 0 Å². The molecule has 2 aromatic rings. The molecular formula is C21H26N4O2. The van der Waals surface area contributed by atoms with E-state index in [0.717, 1.165) is 36.3 Å². The molecule has 6 heteroatoms. The zero-order valence-electron chi connectivity index (χ0n) is 16.2. The Bertz CT molecular complexity index is 842. The summed E-state index contributed by atoms with van der Waals surface area (Å²) < 4.78 is 0. The summed E-state index contributed by atoms with van der Waals surface area (Å²) >= 11 is 0. The lowest BCUT2D eigenvalue weighted by molar-refractivity contribution is 0.0663. The number of para-hydroxylation sites is 1. The van der Waals surface area contributed by atoms with E-state index in [-0.39, 0.29) is 11.8 Å². The summed E-state index contributed by atoms with van der Waals surface area (Å²) in [6.45, 7) is 7.12. The van der Waals surface area contributed by atoms with E-state index in [0.29, 0.717) is 24.2 Å². The van der Waals surface area contributed by atoms with Crippen LogP contribution in [0.3, 0.4) is 0 Å². The van der Waals surface area contributed by atoms with Gasteiger partial charge in [0.2, 0.25) is 0 Å². The van der Waals surface area contributed by atoms with Crippen LogP contribution < -0.4 is 5.32 Å². The molecule has 0 bridgehead atoms. The summed E-state index contributed by atoms with van der Waals surface area (Å²) in [5.41, 5.74) is 3.77. The summed E-state index contributed by atoms with van der Waals surface area (Å²) in [6, 6.07) is 7.60. The van der Waals surface area contributed by atoms with Crippen LogP contribution in [0.5, 0.6) is 0 Å². The molecule has 1 aromatic carbocycles. The first-order valence-corrected chi connectivity index (χ1v) is 9.32. The Labute approximate surface area is 160 Å². The molecule has 1 N–H and O–H groups in total. The number of aryl methyl sites for hydroxylation is 2. The second-order valence-corrected chi connectivity index (χ2v) is 6.97. The van der Waals surface area contributed by atoms with Gasteiger partial charge in [-0.3, -0.25) is 14.6 Å². The third-order valence-electron chi connectivity index (χ3n) is 5.02. The minimum Gasteiger partial charge on any atom is -0.336 e. The summed E-state index contributed by atoms with van der Waals surface area (Å²) in [4.78, 5) is 33.6. The molecule has 1 aromatic heterocycles. The van der Waals surface area contributed by atoms with Crippen LogP contribution in [0.15, 0.2) is 36.7 Å². The van der Waals surface area contributed by atoms with Crippen molar-refractivity contribution in [3.05, 3.63) is 58.9 Å². The second kappa shape index (κ2) is 8.31. The molecule has 2 amide bonds. The van der Waals surface area contributed by atoms with Crippen LogP contribution >= 0.6 is 0 Å². The number of likely N-dealkylation sites (N-methyl/N-ethyl adjacent to an activating group) is 1. The SMILES string of the molecule is CCc1cccc(C)c1NC(=O)c1cncc(C(=O)N2CCN(C)CC2)c1. The lowest BCUT2D eigenvalue weighted by Gasteiger charge is -2.32. The molecule has 1 aliphatic heterocycles. The first-order chi connectivity index (χ1) is 13.0. The number of aromatic nitrogens is 1. The van der Waals surface area contributed by atoms with Crippen molar-refractivity contribution in [2.75, 3.05) is 38.5 Å². The average Bonchev–Trinajstić information content (AvgIpc) is 2.69. The first-order valence-electron chi connectivity index (χ1n) is 9.32. The smallest absolute Gasteiger partial charge is 0.257 e. The molecule has 0 radical (unpaired) electrons. The number of carbonyl (C=O) groups is 2. The molecule has 142 valence electrons. The molecule has 1 saturated heterocycles. The van der Waals surface area contributed by atoms with Crippen molar-refractivity contribution in [3.8, 4) is 0 Å². The van der Waals surface area contributed by atoms with Crippen LogP contribution in [0.1, 0.15) is 38.8 Å². The first kappa shape index (κ1) is 19.0. The van der Waals surface area contributed by atoms with Gasteiger partial charge in [0.1, 0.15) is 0 Å². The lowest BCUT2D eigenvalue weighted by atomic mass is 10.1. The third kappa shape index (κ3) is 4.34. The summed E-state index contributed by atoms with van der Waals surface area (Å²) in [6.07, 6.45) is 3.86. The standard InChI is InChI=1S/C21H26N4O2/c1-4-16-7-5-6-15(2)19(16)23-20(26)17-12-18(14-22-13-17)21(27)25-10-8-24(3)9-11-25/h5-7,12-14H,4,8-11H2,1-3H3,(H,23,26). The van der Waals surface area contributed by atoms with Crippen molar-refractivity contribution in [1.82, 2.24) is 14.8 Å². The maximum atomic E-state index is 12.7. The molecule has 3 rings (SSSR count). The molecule has 27 heavy (non-hydrogen) atoms. The van der Waals surface area contributed by atoms with Gasteiger partial charge in [0.25, 0.3) is 11.8 Å².